The molecule has 130 valence electrons. The number of aryl methyl sites for hydroxylation is 1. The Kier molecular flexibility index (Phi) is 5.83. The van der Waals surface area contributed by atoms with Crippen LogP contribution in [0.15, 0.2) is 34.9 Å². The number of hydrogen-bond donors (Lipinski definition) is 2. The molecule has 8 heteroatoms. The van der Waals surface area contributed by atoms with Crippen LogP contribution in [-0.4, -0.2) is 30.6 Å². The molecule has 0 fully saturated rings. The van der Waals surface area contributed by atoms with E-state index in [1.54, 1.807) is 12.1 Å². The average molecular weight is 359 g/mol. The summed E-state index contributed by atoms with van der Waals surface area (Å²) >= 11 is 0.963. The molecule has 2 amide bonds. The van der Waals surface area contributed by atoms with Crippen molar-refractivity contribution in [1.29, 1.82) is 5.26 Å². The van der Waals surface area contributed by atoms with Crippen LogP contribution in [0, 0.1) is 24.2 Å². The maximum absolute atomic E-state index is 12.5. The third kappa shape index (κ3) is 4.00. The van der Waals surface area contributed by atoms with Gasteiger partial charge in [-0.2, -0.15) is 5.26 Å². The van der Waals surface area contributed by atoms with Crippen LogP contribution in [0.3, 0.4) is 0 Å². The van der Waals surface area contributed by atoms with Gasteiger partial charge < -0.3 is 15.8 Å². The standard InChI is InChI=1S/C17H17N3O4S/c1-9-3-5-10(6-4-9)13-11(7-18)16(25-8-12(19)21)20-15(22)14(13)17(23)24-2/h3-6,13-14H,8H2,1-2H3,(H2,19,21)(H,20,22)/t13-,14+/m0/s1. The van der Waals surface area contributed by atoms with Gasteiger partial charge in [-0.15, -0.1) is 0 Å². The molecule has 1 aromatic rings. The number of rotatable bonds is 5. The fourth-order valence-electron chi connectivity index (χ4n) is 2.60. The van der Waals surface area contributed by atoms with Crippen molar-refractivity contribution in [2.75, 3.05) is 12.9 Å². The summed E-state index contributed by atoms with van der Waals surface area (Å²) in [7, 11) is 1.19. The predicted octanol–water partition coefficient (Wildman–Crippen LogP) is 0.951. The van der Waals surface area contributed by atoms with E-state index in [9.17, 15) is 19.6 Å². The molecule has 0 saturated heterocycles. The Hall–Kier alpha value is -2.79. The quantitative estimate of drug-likeness (QED) is 0.596. The number of methoxy groups -OCH3 is 1. The summed E-state index contributed by atoms with van der Waals surface area (Å²) < 4.78 is 4.75. The number of primary amides is 1. The van der Waals surface area contributed by atoms with Gasteiger partial charge in [0.05, 0.1) is 29.5 Å². The second kappa shape index (κ2) is 7.85. The molecule has 0 bridgehead atoms. The topological polar surface area (TPSA) is 122 Å². The van der Waals surface area contributed by atoms with Gasteiger partial charge in [0.15, 0.2) is 0 Å². The summed E-state index contributed by atoms with van der Waals surface area (Å²) in [5.74, 6) is -3.95. The van der Waals surface area contributed by atoms with Crippen LogP contribution in [-0.2, 0) is 19.1 Å². The summed E-state index contributed by atoms with van der Waals surface area (Å²) in [5.41, 5.74) is 6.98. The molecule has 0 radical (unpaired) electrons. The molecule has 2 atom stereocenters. The van der Waals surface area contributed by atoms with E-state index in [4.69, 9.17) is 10.5 Å². The lowest BCUT2D eigenvalue weighted by Gasteiger charge is -2.30. The molecule has 1 heterocycles. The number of allylic oxidation sites excluding steroid dienone is 1. The van der Waals surface area contributed by atoms with Gasteiger partial charge in [-0.25, -0.2) is 0 Å². The van der Waals surface area contributed by atoms with Gasteiger partial charge in [-0.3, -0.25) is 14.4 Å². The lowest BCUT2D eigenvalue weighted by atomic mass is 9.78. The maximum Gasteiger partial charge on any atom is 0.319 e. The number of hydrogen-bond acceptors (Lipinski definition) is 6. The van der Waals surface area contributed by atoms with E-state index < -0.39 is 29.6 Å². The van der Waals surface area contributed by atoms with Crippen LogP contribution in [0.1, 0.15) is 17.0 Å². The molecule has 2 rings (SSSR count). The normalized spacial score (nSPS) is 19.8. The highest BCUT2D eigenvalue weighted by atomic mass is 32.2. The second-order valence-electron chi connectivity index (χ2n) is 5.49. The van der Waals surface area contributed by atoms with E-state index in [0.717, 1.165) is 17.3 Å². The monoisotopic (exact) mass is 359 g/mol. The van der Waals surface area contributed by atoms with Crippen molar-refractivity contribution in [3.05, 3.63) is 46.0 Å². The van der Waals surface area contributed by atoms with E-state index >= 15 is 0 Å². The minimum absolute atomic E-state index is 0.0930. The predicted molar refractivity (Wildman–Crippen MR) is 91.9 cm³/mol. The van der Waals surface area contributed by atoms with Gasteiger partial charge in [-0.1, -0.05) is 41.6 Å². The molecule has 1 aromatic carbocycles. The van der Waals surface area contributed by atoms with Crippen molar-refractivity contribution in [3.8, 4) is 6.07 Å². The van der Waals surface area contributed by atoms with Crippen molar-refractivity contribution in [2.24, 2.45) is 11.7 Å². The fraction of sp³-hybridized carbons (Fsp3) is 0.294. The number of benzene rings is 1. The molecular formula is C17H17N3O4S. The number of nitrogens with zero attached hydrogens (tertiary/aromatic N) is 1. The molecule has 3 N–H and O–H groups in total. The van der Waals surface area contributed by atoms with Gasteiger partial charge in [0.2, 0.25) is 11.8 Å². The Morgan fingerprint density at radius 2 is 2.00 bits per heavy atom. The Morgan fingerprint density at radius 3 is 2.52 bits per heavy atom. The van der Waals surface area contributed by atoms with Crippen LogP contribution in [0.4, 0.5) is 0 Å². The van der Waals surface area contributed by atoms with Gasteiger partial charge in [-0.05, 0) is 12.5 Å². The van der Waals surface area contributed by atoms with E-state index in [-0.39, 0.29) is 16.4 Å². The number of carbonyl (C=O) groups excluding carboxylic acids is 3. The molecule has 1 aliphatic heterocycles. The maximum atomic E-state index is 12.5. The number of nitrogens with one attached hydrogen (secondary N) is 1. The van der Waals surface area contributed by atoms with Crippen LogP contribution >= 0.6 is 11.8 Å². The van der Waals surface area contributed by atoms with Crippen molar-refractivity contribution >= 4 is 29.5 Å². The SMILES string of the molecule is COC(=O)[C@H]1C(=O)NC(SCC(N)=O)=C(C#N)[C@@H]1c1ccc(C)cc1. The van der Waals surface area contributed by atoms with Crippen molar-refractivity contribution in [3.63, 3.8) is 0 Å². The summed E-state index contributed by atoms with van der Waals surface area (Å²) in [6.07, 6.45) is 0. The minimum Gasteiger partial charge on any atom is -0.468 e. The van der Waals surface area contributed by atoms with Crippen LogP contribution in [0.2, 0.25) is 0 Å². The lowest BCUT2D eigenvalue weighted by molar-refractivity contribution is -0.150. The molecule has 1 aliphatic rings. The summed E-state index contributed by atoms with van der Waals surface area (Å²) in [6.45, 7) is 1.91. The van der Waals surface area contributed by atoms with Crippen LogP contribution in [0.5, 0.6) is 0 Å². The highest BCUT2D eigenvalue weighted by molar-refractivity contribution is 8.03. The average Bonchev–Trinajstić information content (AvgIpc) is 2.59. The first-order valence-corrected chi connectivity index (χ1v) is 8.38. The molecule has 0 spiro atoms. The Morgan fingerprint density at radius 1 is 1.36 bits per heavy atom. The Balaban J connectivity index is 2.57. The number of nitriles is 1. The zero-order valence-corrected chi connectivity index (χ0v) is 14.6. The molecular weight excluding hydrogens is 342 g/mol. The molecule has 0 aromatic heterocycles. The highest BCUT2D eigenvalue weighted by Crippen LogP contribution is 2.40. The van der Waals surface area contributed by atoms with Crippen LogP contribution < -0.4 is 11.1 Å². The third-order valence-electron chi connectivity index (χ3n) is 3.78. The van der Waals surface area contributed by atoms with Gasteiger partial charge in [0, 0.05) is 5.92 Å². The third-order valence-corrected chi connectivity index (χ3v) is 4.82. The van der Waals surface area contributed by atoms with Gasteiger partial charge >= 0.3 is 5.97 Å². The molecule has 0 saturated carbocycles. The zero-order chi connectivity index (χ0) is 18.6. The summed E-state index contributed by atoms with van der Waals surface area (Å²) in [4.78, 5) is 35.7. The fourth-order valence-corrected chi connectivity index (χ4v) is 3.38. The molecule has 0 aliphatic carbocycles. The minimum atomic E-state index is -1.18. The Bertz CT molecular complexity index is 780. The summed E-state index contributed by atoms with van der Waals surface area (Å²) in [5, 5.41) is 12.4. The van der Waals surface area contributed by atoms with E-state index in [0.29, 0.717) is 5.56 Å². The van der Waals surface area contributed by atoms with E-state index in [2.05, 4.69) is 11.4 Å². The lowest BCUT2D eigenvalue weighted by Crippen LogP contribution is -2.44. The number of ether oxygens (including phenoxy) is 1. The zero-order valence-electron chi connectivity index (χ0n) is 13.7. The van der Waals surface area contributed by atoms with Crippen molar-refractivity contribution < 1.29 is 19.1 Å². The van der Waals surface area contributed by atoms with E-state index in [1.165, 1.54) is 7.11 Å². The first-order valence-electron chi connectivity index (χ1n) is 7.39. The highest BCUT2D eigenvalue weighted by Gasteiger charge is 2.44. The number of esters is 1. The first-order chi connectivity index (χ1) is 11.9. The molecule has 0 unspecified atom stereocenters. The second-order valence-corrected chi connectivity index (χ2v) is 6.47. The number of nitrogens with two attached hydrogens (primary N) is 1. The number of carbonyl (C=O) groups is 3. The number of amides is 2. The summed E-state index contributed by atoms with van der Waals surface area (Å²) in [6, 6.07) is 9.26. The Labute approximate surface area is 149 Å². The first kappa shape index (κ1) is 18.5. The van der Waals surface area contributed by atoms with Crippen molar-refractivity contribution in [2.45, 2.75) is 12.8 Å². The van der Waals surface area contributed by atoms with Gasteiger partial charge in [0.25, 0.3) is 0 Å². The van der Waals surface area contributed by atoms with Gasteiger partial charge in [0.1, 0.15) is 5.92 Å². The largest absolute Gasteiger partial charge is 0.468 e. The smallest absolute Gasteiger partial charge is 0.319 e. The molecule has 7 nitrogen and oxygen atoms in total. The molecule has 25 heavy (non-hydrogen) atoms. The van der Waals surface area contributed by atoms with E-state index in [1.807, 2.05) is 19.1 Å². The van der Waals surface area contributed by atoms with Crippen LogP contribution in [0.25, 0.3) is 0 Å². The number of thioether (sulfide) groups is 1. The van der Waals surface area contributed by atoms with Crippen molar-refractivity contribution in [1.82, 2.24) is 5.32 Å².